The highest BCUT2D eigenvalue weighted by Crippen LogP contribution is 2.03. The van der Waals surface area contributed by atoms with Crippen LogP contribution < -0.4 is 10.7 Å². The summed E-state index contributed by atoms with van der Waals surface area (Å²) in [6.07, 6.45) is 1.56. The zero-order chi connectivity index (χ0) is 16.7. The molecule has 118 valence electrons. The van der Waals surface area contributed by atoms with Gasteiger partial charge in [-0.25, -0.2) is 5.43 Å². The third-order valence-electron chi connectivity index (χ3n) is 3.17. The molecule has 0 radical (unpaired) electrons. The van der Waals surface area contributed by atoms with Gasteiger partial charge in [0.1, 0.15) is 0 Å². The molecule has 0 aliphatic heterocycles. The third kappa shape index (κ3) is 5.39. The van der Waals surface area contributed by atoms with Gasteiger partial charge in [0, 0.05) is 5.56 Å². The number of hydrogen-bond acceptors (Lipinski definition) is 3. The molecule has 2 aromatic carbocycles. The molecule has 0 aliphatic carbocycles. The molecule has 0 heterocycles. The van der Waals surface area contributed by atoms with Crippen molar-refractivity contribution in [3.05, 3.63) is 70.8 Å². The first kappa shape index (κ1) is 16.4. The van der Waals surface area contributed by atoms with Crippen LogP contribution in [0.2, 0.25) is 0 Å². The fourth-order valence-corrected chi connectivity index (χ4v) is 1.92. The Hall–Kier alpha value is -2.95. The predicted molar refractivity (Wildman–Crippen MR) is 90.4 cm³/mol. The molecule has 0 unspecified atom stereocenters. The zero-order valence-electron chi connectivity index (χ0n) is 13.2. The summed E-state index contributed by atoms with van der Waals surface area (Å²) in [5.74, 6) is -0.666. The number of hydrazone groups is 1. The van der Waals surface area contributed by atoms with Crippen LogP contribution in [-0.2, 0) is 4.79 Å². The van der Waals surface area contributed by atoms with E-state index in [2.05, 4.69) is 15.8 Å². The molecule has 5 heteroatoms. The summed E-state index contributed by atoms with van der Waals surface area (Å²) >= 11 is 0. The van der Waals surface area contributed by atoms with E-state index in [9.17, 15) is 9.59 Å². The molecule has 2 N–H and O–H groups in total. The number of rotatable bonds is 5. The summed E-state index contributed by atoms with van der Waals surface area (Å²) in [6.45, 7) is 3.78. The number of amides is 2. The molecule has 0 atom stereocenters. The molecule has 0 fully saturated rings. The molecule has 0 spiro atoms. The molecule has 23 heavy (non-hydrogen) atoms. The molecule has 0 aromatic heterocycles. The van der Waals surface area contributed by atoms with E-state index >= 15 is 0 Å². The zero-order valence-corrected chi connectivity index (χ0v) is 13.2. The highest BCUT2D eigenvalue weighted by molar-refractivity contribution is 5.96. The predicted octanol–water partition coefficient (Wildman–Crippen LogP) is 2.18. The van der Waals surface area contributed by atoms with Crippen LogP contribution in [0.1, 0.15) is 27.0 Å². The first-order valence-corrected chi connectivity index (χ1v) is 7.28. The first-order chi connectivity index (χ1) is 11.0. The maximum Gasteiger partial charge on any atom is 0.259 e. The molecular formula is C18H19N3O2. The lowest BCUT2D eigenvalue weighted by Crippen LogP contribution is -2.34. The van der Waals surface area contributed by atoms with Crippen LogP contribution in [0.4, 0.5) is 0 Å². The van der Waals surface area contributed by atoms with Crippen molar-refractivity contribution in [2.45, 2.75) is 13.8 Å². The minimum absolute atomic E-state index is 0.127. The molecule has 0 aliphatic rings. The molecule has 5 nitrogen and oxygen atoms in total. The van der Waals surface area contributed by atoms with Crippen molar-refractivity contribution >= 4 is 18.0 Å². The molecule has 0 saturated carbocycles. The van der Waals surface area contributed by atoms with Gasteiger partial charge in [-0.3, -0.25) is 9.59 Å². The van der Waals surface area contributed by atoms with E-state index in [4.69, 9.17) is 0 Å². The molecule has 2 amide bonds. The van der Waals surface area contributed by atoms with E-state index in [0.717, 1.165) is 16.7 Å². The Morgan fingerprint density at radius 3 is 2.48 bits per heavy atom. The minimum atomic E-state index is -0.380. The largest absolute Gasteiger partial charge is 0.343 e. The maximum atomic E-state index is 11.9. The van der Waals surface area contributed by atoms with Gasteiger partial charge in [0.25, 0.3) is 11.8 Å². The Kier molecular flexibility index (Phi) is 5.63. The van der Waals surface area contributed by atoms with Gasteiger partial charge < -0.3 is 5.32 Å². The Morgan fingerprint density at radius 1 is 1.04 bits per heavy atom. The van der Waals surface area contributed by atoms with Gasteiger partial charge in [-0.1, -0.05) is 47.5 Å². The minimum Gasteiger partial charge on any atom is -0.343 e. The fraction of sp³-hybridized carbons (Fsp3) is 0.167. The Labute approximate surface area is 135 Å². The van der Waals surface area contributed by atoms with Crippen LogP contribution in [0.3, 0.4) is 0 Å². The SMILES string of the molecule is Cc1ccc(C=NNC(=O)CNC(=O)c2cccc(C)c2)cc1. The number of aryl methyl sites for hydroxylation is 2. The van der Waals surface area contributed by atoms with E-state index in [1.165, 1.54) is 0 Å². The van der Waals surface area contributed by atoms with Gasteiger partial charge in [0.2, 0.25) is 0 Å². The molecule has 0 saturated heterocycles. The van der Waals surface area contributed by atoms with Crippen LogP contribution in [0.15, 0.2) is 53.6 Å². The maximum absolute atomic E-state index is 11.9. The fourth-order valence-electron chi connectivity index (χ4n) is 1.92. The van der Waals surface area contributed by atoms with Crippen LogP contribution in [0.25, 0.3) is 0 Å². The number of nitrogens with zero attached hydrogens (tertiary/aromatic N) is 1. The normalized spacial score (nSPS) is 10.5. The number of benzene rings is 2. The highest BCUT2D eigenvalue weighted by Gasteiger charge is 2.07. The Morgan fingerprint density at radius 2 is 1.78 bits per heavy atom. The van der Waals surface area contributed by atoms with Gasteiger partial charge in [0.15, 0.2) is 0 Å². The van der Waals surface area contributed by atoms with Gasteiger partial charge >= 0.3 is 0 Å². The van der Waals surface area contributed by atoms with Gasteiger partial charge in [-0.2, -0.15) is 5.10 Å². The summed E-state index contributed by atoms with van der Waals surface area (Å²) in [5.41, 5.74) is 5.95. The van der Waals surface area contributed by atoms with Crippen molar-refractivity contribution in [3.63, 3.8) is 0 Å². The van der Waals surface area contributed by atoms with Crippen molar-refractivity contribution in [1.29, 1.82) is 0 Å². The lowest BCUT2D eigenvalue weighted by molar-refractivity contribution is -0.120. The highest BCUT2D eigenvalue weighted by atomic mass is 16.2. The van der Waals surface area contributed by atoms with Gasteiger partial charge in [-0.05, 0) is 31.5 Å². The standard InChI is InChI=1S/C18H19N3O2/c1-13-6-8-15(9-7-13)11-20-21-17(22)12-19-18(23)16-5-3-4-14(2)10-16/h3-11H,12H2,1-2H3,(H,19,23)(H,21,22). The summed E-state index contributed by atoms with van der Waals surface area (Å²) in [5, 5.41) is 6.42. The van der Waals surface area contributed by atoms with E-state index in [0.29, 0.717) is 5.56 Å². The van der Waals surface area contributed by atoms with Crippen LogP contribution in [0, 0.1) is 13.8 Å². The number of hydrogen-bond donors (Lipinski definition) is 2. The monoisotopic (exact) mass is 309 g/mol. The topological polar surface area (TPSA) is 70.6 Å². The van der Waals surface area contributed by atoms with E-state index in [1.54, 1.807) is 24.4 Å². The van der Waals surface area contributed by atoms with Crippen molar-refractivity contribution in [1.82, 2.24) is 10.7 Å². The average molecular weight is 309 g/mol. The van der Waals surface area contributed by atoms with Crippen molar-refractivity contribution in [3.8, 4) is 0 Å². The van der Waals surface area contributed by atoms with Crippen LogP contribution >= 0.6 is 0 Å². The summed E-state index contributed by atoms with van der Waals surface area (Å²) in [7, 11) is 0. The lowest BCUT2D eigenvalue weighted by Gasteiger charge is -2.05. The molecule has 0 bridgehead atoms. The van der Waals surface area contributed by atoms with Crippen LogP contribution in [0.5, 0.6) is 0 Å². The van der Waals surface area contributed by atoms with E-state index in [-0.39, 0.29) is 18.4 Å². The number of carbonyl (C=O) groups is 2. The Balaban J connectivity index is 1.78. The van der Waals surface area contributed by atoms with Gasteiger partial charge in [-0.15, -0.1) is 0 Å². The smallest absolute Gasteiger partial charge is 0.259 e. The molecule has 2 aromatic rings. The average Bonchev–Trinajstić information content (AvgIpc) is 2.54. The Bertz CT molecular complexity index is 721. The van der Waals surface area contributed by atoms with Crippen LogP contribution in [-0.4, -0.2) is 24.6 Å². The lowest BCUT2D eigenvalue weighted by atomic mass is 10.1. The molecular weight excluding hydrogens is 290 g/mol. The van der Waals surface area contributed by atoms with Gasteiger partial charge in [0.05, 0.1) is 12.8 Å². The quantitative estimate of drug-likeness (QED) is 0.656. The van der Waals surface area contributed by atoms with Crippen molar-refractivity contribution in [2.75, 3.05) is 6.54 Å². The van der Waals surface area contributed by atoms with E-state index < -0.39 is 0 Å². The summed E-state index contributed by atoms with van der Waals surface area (Å²) < 4.78 is 0. The second-order valence-electron chi connectivity index (χ2n) is 5.26. The van der Waals surface area contributed by atoms with Crippen molar-refractivity contribution < 1.29 is 9.59 Å². The summed E-state index contributed by atoms with van der Waals surface area (Å²) in [6, 6.07) is 14.9. The summed E-state index contributed by atoms with van der Waals surface area (Å²) in [4.78, 5) is 23.5. The second-order valence-corrected chi connectivity index (χ2v) is 5.26. The number of nitrogens with one attached hydrogen (secondary N) is 2. The number of carbonyl (C=O) groups excluding carboxylic acids is 2. The van der Waals surface area contributed by atoms with Crippen molar-refractivity contribution in [2.24, 2.45) is 5.10 Å². The van der Waals surface area contributed by atoms with E-state index in [1.807, 2.05) is 44.2 Å². The third-order valence-corrected chi connectivity index (χ3v) is 3.17. The second kappa shape index (κ2) is 7.89. The molecule has 2 rings (SSSR count). The first-order valence-electron chi connectivity index (χ1n) is 7.28.